The van der Waals surface area contributed by atoms with Crippen LogP contribution in [0.3, 0.4) is 0 Å². The minimum Gasteiger partial charge on any atom is -0.481 e. The van der Waals surface area contributed by atoms with Gasteiger partial charge < -0.3 is 20.3 Å². The fraction of sp³-hybridized carbons (Fsp3) is 0.750. The average molecular weight is 733 g/mol. The van der Waals surface area contributed by atoms with E-state index in [1.807, 2.05) is 10.7 Å². The van der Waals surface area contributed by atoms with Gasteiger partial charge in [-0.3, -0.25) is 4.79 Å². The molecular formula is C44H65FN4O4. The topological polar surface area (TPSA) is 112 Å². The summed E-state index contributed by atoms with van der Waals surface area (Å²) in [7, 11) is 0. The minimum atomic E-state index is -0.660. The Kier molecular flexibility index (Phi) is 9.46. The molecule has 3 saturated carbocycles. The van der Waals surface area contributed by atoms with Gasteiger partial charge in [-0.25, -0.2) is 14.1 Å². The first kappa shape index (κ1) is 38.6. The van der Waals surface area contributed by atoms with E-state index in [1.54, 1.807) is 12.1 Å². The lowest BCUT2D eigenvalue weighted by Crippen LogP contribution is -2.70. The molecular weight excluding hydrogens is 668 g/mol. The maximum Gasteiger partial charge on any atom is 0.307 e. The first-order valence-corrected chi connectivity index (χ1v) is 20.3. The number of allylic oxidation sites excluding steroid dienone is 1. The summed E-state index contributed by atoms with van der Waals surface area (Å²) < 4.78 is 31.5. The maximum absolute atomic E-state index is 15.5. The van der Waals surface area contributed by atoms with Crippen molar-refractivity contribution in [2.24, 2.45) is 68.3 Å². The van der Waals surface area contributed by atoms with Crippen LogP contribution in [0.5, 0.6) is 0 Å². The van der Waals surface area contributed by atoms with Crippen LogP contribution in [0.4, 0.5) is 4.39 Å². The second-order valence-corrected chi connectivity index (χ2v) is 20.0. The molecule has 5 aliphatic rings. The lowest BCUT2D eigenvalue weighted by Gasteiger charge is -2.71. The number of hydrogen-bond donors (Lipinski definition) is 2. The molecule has 0 amide bonds. The molecule has 53 heavy (non-hydrogen) atoms. The summed E-state index contributed by atoms with van der Waals surface area (Å²) in [6.07, 6.45) is 8.96. The Morgan fingerprint density at radius 2 is 1.81 bits per heavy atom. The van der Waals surface area contributed by atoms with Gasteiger partial charge in [0.2, 0.25) is 0 Å². The molecule has 8 nitrogen and oxygen atoms in total. The highest BCUT2D eigenvalue weighted by atomic mass is 19.1. The van der Waals surface area contributed by atoms with E-state index in [2.05, 4.69) is 80.3 Å². The zero-order valence-electron chi connectivity index (χ0n) is 33.9. The molecule has 4 aliphatic carbocycles. The molecule has 0 unspecified atom stereocenters. The Bertz CT molecular complexity index is 1760. The predicted octanol–water partition coefficient (Wildman–Crippen LogP) is 8.97. The molecule has 0 radical (unpaired) electrons. The third kappa shape index (κ3) is 5.47. The highest BCUT2D eigenvalue weighted by Crippen LogP contribution is 2.75. The third-order valence-electron chi connectivity index (χ3n) is 16.9. The first-order valence-electron chi connectivity index (χ1n) is 20.3. The van der Waals surface area contributed by atoms with E-state index in [-0.39, 0.29) is 57.9 Å². The van der Waals surface area contributed by atoms with Crippen molar-refractivity contribution in [2.75, 3.05) is 19.8 Å². The highest BCUT2D eigenvalue weighted by molar-refractivity contribution is 5.73. The van der Waals surface area contributed by atoms with Crippen LogP contribution in [0.15, 0.2) is 42.2 Å². The smallest absolute Gasteiger partial charge is 0.307 e. The number of carbonyl (C=O) groups is 1. The van der Waals surface area contributed by atoms with Crippen molar-refractivity contribution < 1.29 is 23.8 Å². The Morgan fingerprint density at radius 3 is 2.47 bits per heavy atom. The quantitative estimate of drug-likeness (QED) is 0.248. The normalized spacial score (nSPS) is 41.2. The molecule has 4 fully saturated rings. The van der Waals surface area contributed by atoms with Crippen molar-refractivity contribution in [1.82, 2.24) is 14.8 Å². The summed E-state index contributed by atoms with van der Waals surface area (Å²) in [5.41, 5.74) is 6.49. The van der Waals surface area contributed by atoms with Crippen molar-refractivity contribution in [2.45, 2.75) is 125 Å². The monoisotopic (exact) mass is 732 g/mol. The average Bonchev–Trinajstić information content (AvgIpc) is 3.57. The number of hydrogen-bond acceptors (Lipinski definition) is 6. The fourth-order valence-corrected chi connectivity index (χ4v) is 12.9. The molecule has 3 N–H and O–H groups in total. The lowest BCUT2D eigenvalue weighted by molar-refractivity contribution is -0.254. The Morgan fingerprint density at radius 1 is 1.09 bits per heavy atom. The van der Waals surface area contributed by atoms with Crippen LogP contribution in [0.25, 0.3) is 11.4 Å². The maximum atomic E-state index is 15.5. The third-order valence-corrected chi connectivity index (χ3v) is 16.9. The van der Waals surface area contributed by atoms with Crippen LogP contribution in [0.2, 0.25) is 0 Å². The molecule has 2 heterocycles. The van der Waals surface area contributed by atoms with Crippen molar-refractivity contribution in [3.8, 4) is 11.4 Å². The van der Waals surface area contributed by atoms with Crippen LogP contribution in [0, 0.1) is 68.4 Å². The number of nitrogens with two attached hydrogens (primary N) is 1. The summed E-state index contributed by atoms with van der Waals surface area (Å²) in [4.78, 5) is 18.3. The standard InChI is InChI=1S/C44H65FN4O4/c1-26(2)28(5)40(7)19-20-41(8)30-15-16-34-39(6)21-33(49-37(47-25-48-49)29-13-11-12-14-32(29)45)36(53-23-43(10,46)27(3)4)44(34,24-52-22-39)31(30)17-18-42(41,9)35(40)38(50)51/h11-14,17,25-28,30,33-36H,15-16,18-24,46H2,1-10H3,(H,50,51)/t28-,30+,33-,34-,35-,36+,39-,40-,41-,42+,43+,44+/m1/s1. The van der Waals surface area contributed by atoms with Gasteiger partial charge in [-0.2, -0.15) is 5.10 Å². The lowest BCUT2D eigenvalue weighted by atomic mass is 9.34. The van der Waals surface area contributed by atoms with Crippen molar-refractivity contribution in [1.29, 1.82) is 0 Å². The number of halogens is 1. The van der Waals surface area contributed by atoms with E-state index in [9.17, 15) is 9.90 Å². The van der Waals surface area contributed by atoms with Crippen molar-refractivity contribution >= 4 is 5.97 Å². The summed E-state index contributed by atoms with van der Waals surface area (Å²) >= 11 is 0. The van der Waals surface area contributed by atoms with Gasteiger partial charge in [0.1, 0.15) is 12.1 Å². The molecule has 1 aromatic carbocycles. The van der Waals surface area contributed by atoms with Crippen LogP contribution < -0.4 is 5.73 Å². The Balaban J connectivity index is 1.41. The first-order chi connectivity index (χ1) is 24.8. The number of aliphatic carboxylic acids is 1. The number of ether oxygens (including phenoxy) is 2. The van der Waals surface area contributed by atoms with Crippen LogP contribution >= 0.6 is 0 Å². The van der Waals surface area contributed by atoms with E-state index >= 15 is 4.39 Å². The Labute approximate surface area is 316 Å². The molecule has 0 spiro atoms. The van der Waals surface area contributed by atoms with Gasteiger partial charge in [0.05, 0.1) is 43.4 Å². The van der Waals surface area contributed by atoms with Gasteiger partial charge in [-0.1, -0.05) is 86.1 Å². The summed E-state index contributed by atoms with van der Waals surface area (Å²) in [5.74, 6) is 0.325. The van der Waals surface area contributed by atoms with Crippen molar-refractivity contribution in [3.63, 3.8) is 0 Å². The second kappa shape index (κ2) is 13.0. The van der Waals surface area contributed by atoms with Crippen LogP contribution in [-0.4, -0.2) is 57.3 Å². The Hall–Kier alpha value is -2.62. The summed E-state index contributed by atoms with van der Waals surface area (Å²) in [6, 6.07) is 6.53. The van der Waals surface area contributed by atoms with E-state index in [0.29, 0.717) is 43.5 Å². The molecule has 9 heteroatoms. The van der Waals surface area contributed by atoms with E-state index in [4.69, 9.17) is 20.3 Å². The molecule has 1 saturated heterocycles. The largest absolute Gasteiger partial charge is 0.481 e. The molecule has 2 bridgehead atoms. The molecule has 2 aromatic rings. The van der Waals surface area contributed by atoms with Gasteiger partial charge in [0.25, 0.3) is 0 Å². The highest BCUT2D eigenvalue weighted by Gasteiger charge is 2.72. The van der Waals surface area contributed by atoms with Gasteiger partial charge in [-0.15, -0.1) is 0 Å². The molecule has 292 valence electrons. The number of benzene rings is 1. The zero-order chi connectivity index (χ0) is 38.5. The van der Waals surface area contributed by atoms with E-state index < -0.39 is 28.3 Å². The van der Waals surface area contributed by atoms with Crippen LogP contribution in [-0.2, 0) is 14.3 Å². The van der Waals surface area contributed by atoms with Gasteiger partial charge in [0, 0.05) is 11.0 Å². The zero-order valence-corrected chi connectivity index (χ0v) is 33.9. The number of fused-ring (bicyclic) bond motifs is 3. The molecule has 7 rings (SSSR count). The van der Waals surface area contributed by atoms with E-state index in [0.717, 1.165) is 32.1 Å². The second-order valence-electron chi connectivity index (χ2n) is 20.0. The van der Waals surface area contributed by atoms with E-state index in [1.165, 1.54) is 18.0 Å². The number of carboxylic acid groups (broad SMARTS) is 1. The van der Waals surface area contributed by atoms with Gasteiger partial charge in [-0.05, 0) is 109 Å². The number of aromatic nitrogens is 3. The summed E-state index contributed by atoms with van der Waals surface area (Å²) in [6.45, 7) is 23.9. The molecule has 12 atom stereocenters. The summed E-state index contributed by atoms with van der Waals surface area (Å²) in [5, 5.41) is 16.0. The SMILES string of the molecule is CC(C)[C@@H](C)[C@@]1(C)CC[C@]2(C)[C@H]3CC[C@@H]4[C@@]5(C)COC[C@@]4(C3=CC[C@@]2(C)[C@@H]1C(=O)O)[C@@H](OC[C@](C)(N)C(C)C)[C@H](n1ncnc1-c1ccccc1F)C5. The fourth-order valence-electron chi connectivity index (χ4n) is 12.9. The van der Waals surface area contributed by atoms with Gasteiger partial charge in [0.15, 0.2) is 5.82 Å². The minimum absolute atomic E-state index is 0.171. The number of carboxylic acids is 1. The molecule has 1 aliphatic heterocycles. The number of nitrogens with zero attached hydrogens (tertiary/aromatic N) is 3. The van der Waals surface area contributed by atoms with Gasteiger partial charge >= 0.3 is 5.97 Å². The van der Waals surface area contributed by atoms with Crippen molar-refractivity contribution in [3.05, 3.63) is 48.1 Å². The van der Waals surface area contributed by atoms with Crippen LogP contribution in [0.1, 0.15) is 114 Å². The molecule has 1 aromatic heterocycles. The predicted molar refractivity (Wildman–Crippen MR) is 205 cm³/mol. The number of rotatable bonds is 9.